The number of halogens is 1. The number of hydrogen-bond donors (Lipinski definition) is 1. The molecule has 1 N–H and O–H groups in total. The van der Waals surface area contributed by atoms with Crippen LogP contribution < -0.4 is 10.2 Å². The minimum Gasteiger partial charge on any atom is -0.311 e. The Morgan fingerprint density at radius 3 is 2.78 bits per heavy atom. The van der Waals surface area contributed by atoms with E-state index in [1.54, 1.807) is 17.0 Å². The lowest BCUT2D eigenvalue weighted by atomic mass is 10.1. The van der Waals surface area contributed by atoms with Gasteiger partial charge in [0, 0.05) is 24.8 Å². The van der Waals surface area contributed by atoms with Gasteiger partial charge in [-0.2, -0.15) is 0 Å². The Labute approximate surface area is 139 Å². The molecule has 3 rings (SSSR count). The molecule has 118 valence electrons. The molecule has 1 aliphatic rings. The Morgan fingerprint density at radius 1 is 1.30 bits per heavy atom. The summed E-state index contributed by atoms with van der Waals surface area (Å²) in [6.07, 6.45) is 1.67. The summed E-state index contributed by atoms with van der Waals surface area (Å²) in [6, 6.07) is 11.0. The number of amides is 2. The van der Waals surface area contributed by atoms with Gasteiger partial charge in [0.2, 0.25) is 11.8 Å². The van der Waals surface area contributed by atoms with E-state index in [0.29, 0.717) is 17.4 Å². The molecule has 2 heterocycles. The summed E-state index contributed by atoms with van der Waals surface area (Å²) in [4.78, 5) is 30.3. The molecule has 0 saturated carbocycles. The molecule has 1 aromatic carbocycles. The zero-order valence-corrected chi connectivity index (χ0v) is 13.4. The van der Waals surface area contributed by atoms with E-state index in [2.05, 4.69) is 10.3 Å². The SMILES string of the molecule is Cc1ccccc1N1CC(C(=O)Nc2ccc(Cl)cn2)CC1=O. The number of para-hydroxylation sites is 1. The van der Waals surface area contributed by atoms with Crippen molar-refractivity contribution < 1.29 is 9.59 Å². The Bertz CT molecular complexity index is 746. The van der Waals surface area contributed by atoms with E-state index in [0.717, 1.165) is 11.3 Å². The fourth-order valence-electron chi connectivity index (χ4n) is 2.66. The van der Waals surface area contributed by atoms with Gasteiger partial charge in [-0.25, -0.2) is 4.98 Å². The average molecular weight is 330 g/mol. The van der Waals surface area contributed by atoms with Gasteiger partial charge in [0.15, 0.2) is 0 Å². The Balaban J connectivity index is 1.71. The molecule has 23 heavy (non-hydrogen) atoms. The van der Waals surface area contributed by atoms with E-state index in [9.17, 15) is 9.59 Å². The lowest BCUT2D eigenvalue weighted by Gasteiger charge is -2.18. The minimum absolute atomic E-state index is 0.0384. The number of aryl methyl sites for hydroxylation is 1. The molecular weight excluding hydrogens is 314 g/mol. The molecule has 1 aromatic heterocycles. The number of nitrogens with one attached hydrogen (secondary N) is 1. The highest BCUT2D eigenvalue weighted by atomic mass is 35.5. The first-order chi connectivity index (χ1) is 11.0. The topological polar surface area (TPSA) is 62.3 Å². The monoisotopic (exact) mass is 329 g/mol. The first-order valence-electron chi connectivity index (χ1n) is 7.33. The third-order valence-electron chi connectivity index (χ3n) is 3.88. The maximum atomic E-state index is 12.3. The van der Waals surface area contributed by atoms with Crippen LogP contribution in [0.25, 0.3) is 0 Å². The van der Waals surface area contributed by atoms with Crippen molar-refractivity contribution in [3.63, 3.8) is 0 Å². The number of anilines is 2. The van der Waals surface area contributed by atoms with Crippen LogP contribution in [0.15, 0.2) is 42.6 Å². The standard InChI is InChI=1S/C17H16ClN3O2/c1-11-4-2-3-5-14(11)21-10-12(8-16(21)22)17(23)20-15-7-6-13(18)9-19-15/h2-7,9,12H,8,10H2,1H3,(H,19,20,23). The number of hydrogen-bond acceptors (Lipinski definition) is 3. The number of rotatable bonds is 3. The lowest BCUT2D eigenvalue weighted by Crippen LogP contribution is -2.28. The fraction of sp³-hybridized carbons (Fsp3) is 0.235. The maximum Gasteiger partial charge on any atom is 0.230 e. The summed E-state index contributed by atoms with van der Waals surface area (Å²) in [5.74, 6) is -0.200. The molecular formula is C17H16ClN3O2. The molecule has 1 unspecified atom stereocenters. The van der Waals surface area contributed by atoms with Crippen LogP contribution in [0.5, 0.6) is 0 Å². The van der Waals surface area contributed by atoms with Crippen LogP contribution in [-0.4, -0.2) is 23.3 Å². The van der Waals surface area contributed by atoms with Gasteiger partial charge in [-0.15, -0.1) is 0 Å². The van der Waals surface area contributed by atoms with Crippen molar-refractivity contribution in [3.05, 3.63) is 53.2 Å². The molecule has 1 fully saturated rings. The van der Waals surface area contributed by atoms with Crippen molar-refractivity contribution in [1.82, 2.24) is 4.98 Å². The van der Waals surface area contributed by atoms with E-state index in [1.807, 2.05) is 31.2 Å². The van der Waals surface area contributed by atoms with Crippen LogP contribution in [0.4, 0.5) is 11.5 Å². The zero-order valence-electron chi connectivity index (χ0n) is 12.6. The van der Waals surface area contributed by atoms with Gasteiger partial charge < -0.3 is 10.2 Å². The molecule has 2 aromatic rings. The predicted octanol–water partition coefficient (Wildman–Crippen LogP) is 3.04. The number of benzene rings is 1. The highest BCUT2D eigenvalue weighted by Crippen LogP contribution is 2.28. The van der Waals surface area contributed by atoms with E-state index in [4.69, 9.17) is 11.6 Å². The smallest absolute Gasteiger partial charge is 0.230 e. The summed E-state index contributed by atoms with van der Waals surface area (Å²) in [6.45, 7) is 2.33. The predicted molar refractivity (Wildman–Crippen MR) is 89.5 cm³/mol. The summed E-state index contributed by atoms with van der Waals surface area (Å²) < 4.78 is 0. The zero-order chi connectivity index (χ0) is 16.4. The summed E-state index contributed by atoms with van der Waals surface area (Å²) in [7, 11) is 0. The van der Waals surface area contributed by atoms with Crippen molar-refractivity contribution in [2.45, 2.75) is 13.3 Å². The van der Waals surface area contributed by atoms with Crippen LogP contribution in [0.2, 0.25) is 5.02 Å². The van der Waals surface area contributed by atoms with Gasteiger partial charge in [0.05, 0.1) is 10.9 Å². The van der Waals surface area contributed by atoms with E-state index in [-0.39, 0.29) is 24.2 Å². The van der Waals surface area contributed by atoms with Crippen LogP contribution in [-0.2, 0) is 9.59 Å². The number of carbonyl (C=O) groups is 2. The van der Waals surface area contributed by atoms with E-state index >= 15 is 0 Å². The number of aromatic nitrogens is 1. The second kappa shape index (κ2) is 6.38. The Hall–Kier alpha value is -2.40. The second-order valence-electron chi connectivity index (χ2n) is 5.54. The minimum atomic E-state index is -0.389. The summed E-state index contributed by atoms with van der Waals surface area (Å²) >= 11 is 5.77. The molecule has 1 saturated heterocycles. The van der Waals surface area contributed by atoms with Crippen molar-refractivity contribution in [2.24, 2.45) is 5.92 Å². The van der Waals surface area contributed by atoms with Crippen molar-refractivity contribution in [3.8, 4) is 0 Å². The molecule has 0 spiro atoms. The van der Waals surface area contributed by atoms with Crippen LogP contribution in [0.1, 0.15) is 12.0 Å². The fourth-order valence-corrected chi connectivity index (χ4v) is 2.77. The molecule has 1 atom stereocenters. The van der Waals surface area contributed by atoms with Crippen LogP contribution >= 0.6 is 11.6 Å². The van der Waals surface area contributed by atoms with Gasteiger partial charge in [-0.1, -0.05) is 29.8 Å². The Morgan fingerprint density at radius 2 is 2.09 bits per heavy atom. The van der Waals surface area contributed by atoms with Gasteiger partial charge in [0.1, 0.15) is 5.82 Å². The van der Waals surface area contributed by atoms with Crippen molar-refractivity contribution in [2.75, 3.05) is 16.8 Å². The molecule has 6 heteroatoms. The van der Waals surface area contributed by atoms with Gasteiger partial charge in [-0.05, 0) is 30.7 Å². The molecule has 0 bridgehead atoms. The molecule has 1 aliphatic heterocycles. The first-order valence-corrected chi connectivity index (χ1v) is 7.71. The van der Waals surface area contributed by atoms with Crippen LogP contribution in [0, 0.1) is 12.8 Å². The number of carbonyl (C=O) groups excluding carboxylic acids is 2. The van der Waals surface area contributed by atoms with Gasteiger partial charge >= 0.3 is 0 Å². The largest absolute Gasteiger partial charge is 0.311 e. The summed E-state index contributed by atoms with van der Waals surface area (Å²) in [5, 5.41) is 3.24. The van der Waals surface area contributed by atoms with Crippen LogP contribution in [0.3, 0.4) is 0 Å². The second-order valence-corrected chi connectivity index (χ2v) is 5.98. The van der Waals surface area contributed by atoms with E-state index in [1.165, 1.54) is 6.20 Å². The Kier molecular flexibility index (Phi) is 4.30. The highest BCUT2D eigenvalue weighted by molar-refractivity contribution is 6.30. The lowest BCUT2D eigenvalue weighted by molar-refractivity contribution is -0.122. The molecule has 2 amide bonds. The van der Waals surface area contributed by atoms with E-state index < -0.39 is 0 Å². The summed E-state index contributed by atoms with van der Waals surface area (Å²) in [5.41, 5.74) is 1.87. The third-order valence-corrected chi connectivity index (χ3v) is 4.10. The number of nitrogens with zero attached hydrogens (tertiary/aromatic N) is 2. The number of pyridine rings is 1. The highest BCUT2D eigenvalue weighted by Gasteiger charge is 2.35. The van der Waals surface area contributed by atoms with Crippen molar-refractivity contribution >= 4 is 34.9 Å². The molecule has 5 nitrogen and oxygen atoms in total. The van der Waals surface area contributed by atoms with Crippen molar-refractivity contribution in [1.29, 1.82) is 0 Å². The maximum absolute atomic E-state index is 12.3. The van der Waals surface area contributed by atoms with Gasteiger partial charge in [-0.3, -0.25) is 9.59 Å². The third kappa shape index (κ3) is 3.35. The van der Waals surface area contributed by atoms with Gasteiger partial charge in [0.25, 0.3) is 0 Å². The molecule has 0 radical (unpaired) electrons. The quantitative estimate of drug-likeness (QED) is 0.941. The molecule has 0 aliphatic carbocycles. The first kappa shape index (κ1) is 15.5. The average Bonchev–Trinajstić information content (AvgIpc) is 2.92. The normalized spacial score (nSPS) is 17.4.